The van der Waals surface area contributed by atoms with Crippen molar-refractivity contribution in [2.45, 2.75) is 28.3 Å². The molecule has 0 unspecified atom stereocenters. The van der Waals surface area contributed by atoms with E-state index < -0.39 is 62.2 Å². The van der Waals surface area contributed by atoms with Gasteiger partial charge in [-0.15, -0.1) is 34.9 Å². The number of anilines is 1. The number of aromatic hydroxyl groups is 2. The highest BCUT2D eigenvalue weighted by molar-refractivity contribution is 8.01. The second kappa shape index (κ2) is 13.0. The van der Waals surface area contributed by atoms with Gasteiger partial charge in [-0.05, 0) is 30.7 Å². The Kier molecular flexibility index (Phi) is 8.94. The first-order chi connectivity index (χ1) is 22.8. The number of carbonyl (C=O) groups excluding carboxylic acids is 2. The van der Waals surface area contributed by atoms with Gasteiger partial charge in [0.1, 0.15) is 27.8 Å². The topological polar surface area (TPSA) is 252 Å². The molecule has 1 aromatic carbocycles. The summed E-state index contributed by atoms with van der Waals surface area (Å²) in [4.78, 5) is 53.3. The van der Waals surface area contributed by atoms with Crippen LogP contribution in [0.1, 0.15) is 11.4 Å². The molecule has 6 N–H and O–H groups in total. The van der Waals surface area contributed by atoms with Crippen LogP contribution in [-0.2, 0) is 29.1 Å². The average Bonchev–Trinajstić information content (AvgIpc) is 3.70. The van der Waals surface area contributed by atoms with Crippen molar-refractivity contribution in [2.75, 3.05) is 23.2 Å². The molecule has 0 aliphatic carbocycles. The molecule has 21 heteroatoms. The van der Waals surface area contributed by atoms with Gasteiger partial charge in [0.2, 0.25) is 15.8 Å². The molecule has 3 aromatic heterocycles. The molecule has 5 heterocycles. The number of phenolic OH excluding ortho intramolecular Hbond substituents is 2. The maximum absolute atomic E-state index is 13.4. The summed E-state index contributed by atoms with van der Waals surface area (Å²) in [5, 5.41) is 41.2. The molecule has 1 fully saturated rings. The third-order valence-electron chi connectivity index (χ3n) is 7.03. The van der Waals surface area contributed by atoms with Gasteiger partial charge < -0.3 is 31.2 Å². The number of sulfone groups is 1. The largest absolute Gasteiger partial charge is 0.504 e. The summed E-state index contributed by atoms with van der Waals surface area (Å²) in [6, 6.07) is 5.30. The summed E-state index contributed by atoms with van der Waals surface area (Å²) in [5.74, 6) is -4.62. The van der Waals surface area contributed by atoms with Gasteiger partial charge in [0.25, 0.3) is 11.8 Å². The van der Waals surface area contributed by atoms with Gasteiger partial charge in [-0.2, -0.15) is 5.10 Å². The number of rotatable bonds is 11. The van der Waals surface area contributed by atoms with Crippen LogP contribution < -0.4 is 11.1 Å². The van der Waals surface area contributed by atoms with E-state index in [0.717, 1.165) is 45.2 Å². The number of β-lactam (4-membered cyclic amide) rings is 1. The Balaban J connectivity index is 1.17. The number of hydrogen-bond acceptors (Lipinski definition) is 16. The number of aryl methyl sites for hydroxylation is 1. The van der Waals surface area contributed by atoms with E-state index in [-0.39, 0.29) is 32.9 Å². The van der Waals surface area contributed by atoms with Crippen LogP contribution in [0, 0.1) is 6.92 Å². The van der Waals surface area contributed by atoms with Crippen molar-refractivity contribution in [3.8, 4) is 11.5 Å². The fraction of sp³-hybridized carbons (Fsp3) is 0.222. The van der Waals surface area contributed by atoms with E-state index in [1.807, 2.05) is 13.0 Å². The number of carboxylic acids is 1. The van der Waals surface area contributed by atoms with E-state index in [2.05, 4.69) is 25.5 Å². The SMILES string of the molecule is Cc1cc(SCC2=C(C(=O)O)N3C(=O)[C@@H](NC(=O)C(=NOCS(=O)(=O)c4ccc(O)c(O)c4)c4csc(N)n4)[C@H]3SC2)n2nccc2n1. The lowest BCUT2D eigenvalue weighted by molar-refractivity contribution is -0.150. The van der Waals surface area contributed by atoms with Crippen molar-refractivity contribution in [3.63, 3.8) is 0 Å². The monoisotopic (exact) mass is 732 g/mol. The minimum atomic E-state index is -4.20. The van der Waals surface area contributed by atoms with Crippen molar-refractivity contribution in [3.05, 3.63) is 64.6 Å². The first-order valence-corrected chi connectivity index (χ1v) is 18.2. The maximum atomic E-state index is 13.4. The molecule has 0 spiro atoms. The van der Waals surface area contributed by atoms with Gasteiger partial charge in [0.15, 0.2) is 28.0 Å². The number of oxime groups is 1. The van der Waals surface area contributed by atoms with Gasteiger partial charge >= 0.3 is 5.97 Å². The van der Waals surface area contributed by atoms with Crippen LogP contribution in [-0.4, -0.2) is 101 Å². The number of nitrogen functional groups attached to an aromatic ring is 1. The average molecular weight is 733 g/mol. The van der Waals surface area contributed by atoms with Crippen molar-refractivity contribution >= 4 is 79.0 Å². The Bertz CT molecular complexity index is 2150. The highest BCUT2D eigenvalue weighted by atomic mass is 32.2. The standard InChI is InChI=1S/C27H24N8O9S4/c1-12-6-19(35-18(30-12)4-5-29-35)45-8-13-9-46-25-21(24(39)34(25)22(13)26(40)41)32-23(38)20(15-10-47-27(28)31-15)33-44-11-48(42,43)14-2-3-16(36)17(37)7-14/h2-7,10,21,25,36-37H,8-9,11H2,1H3,(H2,28,31)(H,32,38)(H,40,41)/t21-,25-/m1/s1. The van der Waals surface area contributed by atoms with Crippen molar-refractivity contribution in [1.82, 2.24) is 29.8 Å². The summed E-state index contributed by atoms with van der Waals surface area (Å²) in [5.41, 5.74) is 6.93. The van der Waals surface area contributed by atoms with Crippen LogP contribution in [0.4, 0.5) is 5.13 Å². The molecule has 0 bridgehead atoms. The number of nitrogens with zero attached hydrogens (tertiary/aromatic N) is 6. The third-order valence-corrected chi connectivity index (χ3v) is 11.5. The lowest BCUT2D eigenvalue weighted by Crippen LogP contribution is -2.71. The zero-order valence-corrected chi connectivity index (χ0v) is 27.8. The molecule has 1 saturated heterocycles. The van der Waals surface area contributed by atoms with Gasteiger partial charge in [0, 0.05) is 34.7 Å². The van der Waals surface area contributed by atoms with E-state index in [9.17, 15) is 38.1 Å². The summed E-state index contributed by atoms with van der Waals surface area (Å²) >= 11 is 3.60. The molecule has 2 aliphatic heterocycles. The predicted octanol–water partition coefficient (Wildman–Crippen LogP) is 1.17. The summed E-state index contributed by atoms with van der Waals surface area (Å²) in [7, 11) is -4.20. The Labute approximate surface area is 283 Å². The molecule has 2 aliphatic rings. The fourth-order valence-corrected chi connectivity index (χ4v) is 8.79. The van der Waals surface area contributed by atoms with Crippen LogP contribution in [0.3, 0.4) is 0 Å². The van der Waals surface area contributed by atoms with E-state index in [1.165, 1.54) is 28.9 Å². The molecule has 4 aromatic rings. The number of benzene rings is 1. The molecule has 2 atom stereocenters. The van der Waals surface area contributed by atoms with E-state index in [1.54, 1.807) is 16.8 Å². The highest BCUT2D eigenvalue weighted by Gasteiger charge is 2.54. The molecule has 2 amide bonds. The van der Waals surface area contributed by atoms with Gasteiger partial charge in [-0.1, -0.05) is 5.16 Å². The third kappa shape index (κ3) is 6.35. The summed E-state index contributed by atoms with van der Waals surface area (Å²) < 4.78 is 27.0. The zero-order chi connectivity index (χ0) is 34.3. The molecule has 48 heavy (non-hydrogen) atoms. The molecule has 250 valence electrons. The number of thioether (sulfide) groups is 2. The molecule has 6 rings (SSSR count). The van der Waals surface area contributed by atoms with Gasteiger partial charge in [0.05, 0.1) is 11.1 Å². The maximum Gasteiger partial charge on any atom is 0.352 e. The van der Waals surface area contributed by atoms with Crippen molar-refractivity contribution in [2.24, 2.45) is 5.16 Å². The number of aliphatic carboxylic acids is 1. The minimum absolute atomic E-state index is 0.0577. The number of amides is 2. The first kappa shape index (κ1) is 33.1. The highest BCUT2D eigenvalue weighted by Crippen LogP contribution is 2.41. The number of fused-ring (bicyclic) bond motifs is 2. The number of phenols is 2. The molecular weight excluding hydrogens is 709 g/mol. The number of nitrogens with two attached hydrogens (primary N) is 1. The Hall–Kier alpha value is -4.86. The lowest BCUT2D eigenvalue weighted by Gasteiger charge is -2.49. The number of hydrogen-bond donors (Lipinski definition) is 5. The van der Waals surface area contributed by atoms with Crippen LogP contribution in [0.2, 0.25) is 0 Å². The normalized spacial score (nSPS) is 18.1. The zero-order valence-electron chi connectivity index (χ0n) is 24.5. The van der Waals surface area contributed by atoms with Crippen molar-refractivity contribution < 1.29 is 43.0 Å². The Morgan fingerprint density at radius 3 is 2.71 bits per heavy atom. The molecule has 0 saturated carbocycles. The quantitative estimate of drug-likeness (QED) is 0.0362. The van der Waals surface area contributed by atoms with Crippen LogP contribution >= 0.6 is 34.9 Å². The van der Waals surface area contributed by atoms with Crippen LogP contribution in [0.5, 0.6) is 11.5 Å². The number of carbonyl (C=O) groups is 3. The predicted molar refractivity (Wildman–Crippen MR) is 174 cm³/mol. The lowest BCUT2D eigenvalue weighted by atomic mass is 10.0. The summed E-state index contributed by atoms with van der Waals surface area (Å²) in [6.45, 7) is 1.84. The van der Waals surface area contributed by atoms with Crippen LogP contribution in [0.25, 0.3) is 5.65 Å². The van der Waals surface area contributed by atoms with Crippen molar-refractivity contribution in [1.29, 1.82) is 0 Å². The smallest absolute Gasteiger partial charge is 0.352 e. The van der Waals surface area contributed by atoms with E-state index >= 15 is 0 Å². The number of aromatic nitrogens is 4. The molecule has 0 radical (unpaired) electrons. The minimum Gasteiger partial charge on any atom is -0.504 e. The Morgan fingerprint density at radius 1 is 1.21 bits per heavy atom. The summed E-state index contributed by atoms with van der Waals surface area (Å²) in [6.07, 6.45) is 1.61. The fourth-order valence-electron chi connectivity index (χ4n) is 4.80. The van der Waals surface area contributed by atoms with Gasteiger partial charge in [-0.25, -0.2) is 27.7 Å². The number of nitrogens with one attached hydrogen (secondary N) is 1. The Morgan fingerprint density at radius 2 is 2.00 bits per heavy atom. The number of thiazole rings is 1. The molecule has 17 nitrogen and oxygen atoms in total. The van der Waals surface area contributed by atoms with Gasteiger partial charge in [-0.3, -0.25) is 14.5 Å². The number of carboxylic acid groups (broad SMARTS) is 1. The second-order valence-electron chi connectivity index (χ2n) is 10.3. The van der Waals surface area contributed by atoms with E-state index in [0.29, 0.717) is 11.2 Å². The van der Waals surface area contributed by atoms with E-state index in [4.69, 9.17) is 10.6 Å². The van der Waals surface area contributed by atoms with Crippen LogP contribution in [0.15, 0.2) is 68.3 Å². The first-order valence-electron chi connectivity index (χ1n) is 13.6. The molecular formula is C27H24N8O9S4. The second-order valence-corrected chi connectivity index (χ2v) is 15.2.